The molecule has 0 bridgehead atoms. The molecule has 4 aromatic rings. The molecule has 0 unspecified atom stereocenters. The molecule has 1 amide bonds. The Balaban J connectivity index is 1.33. The molecule has 0 saturated carbocycles. The van der Waals surface area contributed by atoms with Gasteiger partial charge in [-0.3, -0.25) is 9.89 Å². The summed E-state index contributed by atoms with van der Waals surface area (Å²) in [5.41, 5.74) is 9.91. The maximum Gasteiger partial charge on any atom is 0.251 e. The van der Waals surface area contributed by atoms with Gasteiger partial charge in [0, 0.05) is 23.2 Å². The number of rotatable bonds is 7. The van der Waals surface area contributed by atoms with Gasteiger partial charge in [0.2, 0.25) is 11.8 Å². The summed E-state index contributed by atoms with van der Waals surface area (Å²) < 4.78 is 5.78. The van der Waals surface area contributed by atoms with Gasteiger partial charge in [-0.15, -0.1) is 10.2 Å². The average molecular weight is 427 g/mol. The standard InChI is InChI=1S/C23H21N7O2/c1-14-4-6-16(7-5-14)22-29-30-23(32-22)17-10-8-15(9-11-17)21(31)26-12-2-3-19-18(13-24)20(25)28-27-19/h4-11H,2-3,12H2,1H3,(H,26,31)(H3,25,27,28). The number of carbonyl (C=O) groups is 1. The number of H-pyrrole nitrogens is 1. The number of hydrogen-bond donors (Lipinski definition) is 3. The number of nitrogen functional groups attached to an aromatic ring is 1. The number of nitriles is 1. The highest BCUT2D eigenvalue weighted by atomic mass is 16.4. The number of carbonyl (C=O) groups excluding carboxylic acids is 1. The van der Waals surface area contributed by atoms with Gasteiger partial charge in [0.25, 0.3) is 5.91 Å². The van der Waals surface area contributed by atoms with E-state index in [1.807, 2.05) is 37.3 Å². The van der Waals surface area contributed by atoms with Gasteiger partial charge in [-0.1, -0.05) is 17.7 Å². The monoisotopic (exact) mass is 427 g/mol. The number of aromatic nitrogens is 4. The van der Waals surface area contributed by atoms with Crippen molar-refractivity contribution >= 4 is 11.7 Å². The van der Waals surface area contributed by atoms with Crippen LogP contribution in [0.3, 0.4) is 0 Å². The van der Waals surface area contributed by atoms with Gasteiger partial charge in [-0.2, -0.15) is 10.4 Å². The molecule has 2 aromatic heterocycles. The summed E-state index contributed by atoms with van der Waals surface area (Å²) in [6.07, 6.45) is 1.21. The maximum atomic E-state index is 12.4. The molecule has 0 atom stereocenters. The van der Waals surface area contributed by atoms with Gasteiger partial charge in [0.15, 0.2) is 5.82 Å². The molecule has 0 spiro atoms. The third kappa shape index (κ3) is 4.49. The minimum absolute atomic E-state index is 0.188. The van der Waals surface area contributed by atoms with Crippen molar-refractivity contribution in [1.29, 1.82) is 5.26 Å². The lowest BCUT2D eigenvalue weighted by molar-refractivity contribution is 0.0953. The van der Waals surface area contributed by atoms with Gasteiger partial charge in [0.05, 0.1) is 5.69 Å². The third-order valence-corrected chi connectivity index (χ3v) is 4.99. The topological polar surface area (TPSA) is 147 Å². The highest BCUT2D eigenvalue weighted by Crippen LogP contribution is 2.24. The number of aromatic amines is 1. The lowest BCUT2D eigenvalue weighted by atomic mass is 10.1. The van der Waals surface area contributed by atoms with Crippen molar-refractivity contribution in [2.24, 2.45) is 0 Å². The quantitative estimate of drug-likeness (QED) is 0.384. The van der Waals surface area contributed by atoms with Gasteiger partial charge in [-0.05, 0) is 56.2 Å². The number of nitrogens with two attached hydrogens (primary N) is 1. The van der Waals surface area contributed by atoms with Crippen LogP contribution >= 0.6 is 0 Å². The van der Waals surface area contributed by atoms with Gasteiger partial charge >= 0.3 is 0 Å². The Morgan fingerprint density at radius 3 is 2.34 bits per heavy atom. The summed E-state index contributed by atoms with van der Waals surface area (Å²) in [6.45, 7) is 2.47. The van der Waals surface area contributed by atoms with Crippen molar-refractivity contribution in [3.63, 3.8) is 0 Å². The molecule has 0 aliphatic heterocycles. The largest absolute Gasteiger partial charge is 0.416 e. The van der Waals surface area contributed by atoms with Crippen LogP contribution in [0.5, 0.6) is 0 Å². The van der Waals surface area contributed by atoms with E-state index in [4.69, 9.17) is 15.4 Å². The Morgan fingerprint density at radius 2 is 1.72 bits per heavy atom. The van der Waals surface area contributed by atoms with Gasteiger partial charge in [-0.25, -0.2) is 0 Å². The van der Waals surface area contributed by atoms with Crippen LogP contribution in [-0.2, 0) is 6.42 Å². The molecule has 32 heavy (non-hydrogen) atoms. The molecule has 0 aliphatic rings. The van der Waals surface area contributed by atoms with Gasteiger partial charge < -0.3 is 15.5 Å². The molecule has 0 aliphatic carbocycles. The zero-order valence-electron chi connectivity index (χ0n) is 17.4. The van der Waals surface area contributed by atoms with E-state index >= 15 is 0 Å². The molecule has 0 saturated heterocycles. The summed E-state index contributed by atoms with van der Waals surface area (Å²) in [4.78, 5) is 12.4. The summed E-state index contributed by atoms with van der Waals surface area (Å²) in [5.74, 6) is 0.839. The molecule has 4 N–H and O–H groups in total. The Bertz CT molecular complexity index is 1270. The first kappa shape index (κ1) is 20.8. The zero-order chi connectivity index (χ0) is 22.5. The highest BCUT2D eigenvalue weighted by Gasteiger charge is 2.13. The Morgan fingerprint density at radius 1 is 1.09 bits per heavy atom. The molecule has 0 fully saturated rings. The second-order valence-electron chi connectivity index (χ2n) is 7.29. The van der Waals surface area contributed by atoms with Crippen molar-refractivity contribution in [3.05, 3.63) is 70.9 Å². The minimum Gasteiger partial charge on any atom is -0.416 e. The van der Waals surface area contributed by atoms with Crippen LogP contribution in [0.15, 0.2) is 52.9 Å². The molecule has 4 rings (SSSR count). The first-order valence-electron chi connectivity index (χ1n) is 10.1. The van der Waals surface area contributed by atoms with E-state index in [1.54, 1.807) is 24.3 Å². The molecule has 160 valence electrons. The van der Waals surface area contributed by atoms with Gasteiger partial charge in [0.1, 0.15) is 11.6 Å². The summed E-state index contributed by atoms with van der Waals surface area (Å²) in [6, 6.07) is 16.8. The minimum atomic E-state index is -0.188. The van der Waals surface area contributed by atoms with Crippen LogP contribution in [0.2, 0.25) is 0 Å². The fourth-order valence-electron chi connectivity index (χ4n) is 3.19. The normalized spacial score (nSPS) is 10.6. The molecule has 2 aromatic carbocycles. The molecule has 9 nitrogen and oxygen atoms in total. The molecular weight excluding hydrogens is 406 g/mol. The average Bonchev–Trinajstić information content (AvgIpc) is 3.44. The predicted octanol–water partition coefficient (Wildman–Crippen LogP) is 3.25. The second kappa shape index (κ2) is 9.14. The number of anilines is 1. The molecule has 9 heteroatoms. The molecule has 0 radical (unpaired) electrons. The van der Waals surface area contributed by atoms with Crippen LogP contribution in [0.1, 0.15) is 33.6 Å². The van der Waals surface area contributed by atoms with E-state index in [0.717, 1.165) is 16.7 Å². The summed E-state index contributed by atoms with van der Waals surface area (Å²) in [5, 5.41) is 26.7. The lowest BCUT2D eigenvalue weighted by Gasteiger charge is -2.05. The predicted molar refractivity (Wildman–Crippen MR) is 118 cm³/mol. The van der Waals surface area contributed by atoms with E-state index in [0.29, 0.717) is 48.0 Å². The van der Waals surface area contributed by atoms with E-state index in [-0.39, 0.29) is 11.7 Å². The Labute approximate surface area is 184 Å². The third-order valence-electron chi connectivity index (χ3n) is 4.99. The fraction of sp³-hybridized carbons (Fsp3) is 0.174. The summed E-state index contributed by atoms with van der Waals surface area (Å²) >= 11 is 0. The van der Waals surface area contributed by atoms with E-state index < -0.39 is 0 Å². The Hall–Kier alpha value is -4.45. The van der Waals surface area contributed by atoms with Crippen molar-refractivity contribution in [2.75, 3.05) is 12.3 Å². The fourth-order valence-corrected chi connectivity index (χ4v) is 3.19. The van der Waals surface area contributed by atoms with E-state index in [1.165, 1.54) is 0 Å². The number of nitrogens with zero attached hydrogens (tertiary/aromatic N) is 4. The smallest absolute Gasteiger partial charge is 0.251 e. The van der Waals surface area contributed by atoms with Crippen LogP contribution in [0.4, 0.5) is 5.82 Å². The SMILES string of the molecule is Cc1ccc(-c2nnc(-c3ccc(C(=O)NCCCc4[nH]nc(N)c4C#N)cc3)o2)cc1. The number of benzene rings is 2. The first-order valence-corrected chi connectivity index (χ1v) is 10.1. The molecule has 2 heterocycles. The van der Waals surface area contributed by atoms with Crippen molar-refractivity contribution < 1.29 is 9.21 Å². The van der Waals surface area contributed by atoms with Crippen molar-refractivity contribution in [1.82, 2.24) is 25.7 Å². The highest BCUT2D eigenvalue weighted by molar-refractivity contribution is 5.94. The first-order chi connectivity index (χ1) is 15.5. The Kier molecular flexibility index (Phi) is 5.94. The van der Waals surface area contributed by atoms with Crippen LogP contribution in [0.25, 0.3) is 22.9 Å². The molecular formula is C23H21N7O2. The van der Waals surface area contributed by atoms with E-state index in [9.17, 15) is 4.79 Å². The number of hydrogen-bond acceptors (Lipinski definition) is 7. The van der Waals surface area contributed by atoms with E-state index in [2.05, 4.69) is 25.7 Å². The second-order valence-corrected chi connectivity index (χ2v) is 7.29. The van der Waals surface area contributed by atoms with Crippen LogP contribution in [-0.4, -0.2) is 32.8 Å². The van der Waals surface area contributed by atoms with Crippen molar-refractivity contribution in [3.8, 4) is 29.0 Å². The van der Waals surface area contributed by atoms with Crippen LogP contribution < -0.4 is 11.1 Å². The number of nitrogens with one attached hydrogen (secondary N) is 2. The van der Waals surface area contributed by atoms with Crippen LogP contribution in [0, 0.1) is 18.3 Å². The zero-order valence-corrected chi connectivity index (χ0v) is 17.4. The number of aryl methyl sites for hydroxylation is 2. The lowest BCUT2D eigenvalue weighted by Crippen LogP contribution is -2.24. The maximum absolute atomic E-state index is 12.4. The van der Waals surface area contributed by atoms with Crippen molar-refractivity contribution in [2.45, 2.75) is 19.8 Å². The summed E-state index contributed by atoms with van der Waals surface area (Å²) in [7, 11) is 0. The number of amides is 1.